The summed E-state index contributed by atoms with van der Waals surface area (Å²) < 4.78 is 0. The molecule has 1 aromatic carbocycles. The minimum Gasteiger partial charge on any atom is -0.480 e. The van der Waals surface area contributed by atoms with Crippen molar-refractivity contribution in [3.05, 3.63) is 35.9 Å². The molecule has 0 radical (unpaired) electrons. The normalized spacial score (nSPS) is 14.1. The molecule has 11 N–H and O–H groups in total. The van der Waals surface area contributed by atoms with Gasteiger partial charge in [-0.25, -0.2) is 4.79 Å². The van der Waals surface area contributed by atoms with E-state index in [2.05, 4.69) is 20.9 Å². The van der Waals surface area contributed by atoms with Crippen LogP contribution in [-0.4, -0.2) is 77.2 Å². The van der Waals surface area contributed by atoms with E-state index in [1.54, 1.807) is 30.3 Å². The minimum absolute atomic E-state index is 0.0272. The predicted molar refractivity (Wildman–Crippen MR) is 124 cm³/mol. The number of carbonyl (C=O) groups excluding carboxylic acids is 3. The van der Waals surface area contributed by atoms with Crippen LogP contribution in [0.15, 0.2) is 35.3 Å². The Hall–Kier alpha value is -3.71. The van der Waals surface area contributed by atoms with Crippen molar-refractivity contribution in [1.29, 1.82) is 0 Å². The van der Waals surface area contributed by atoms with Crippen LogP contribution >= 0.6 is 0 Å². The molecule has 1 aromatic rings. The van der Waals surface area contributed by atoms with Crippen LogP contribution in [0.5, 0.6) is 0 Å². The van der Waals surface area contributed by atoms with E-state index >= 15 is 0 Å². The molecule has 0 saturated carbocycles. The molecule has 0 bridgehead atoms. The number of carbonyl (C=O) groups is 4. The summed E-state index contributed by atoms with van der Waals surface area (Å²) in [4.78, 5) is 52.8. The van der Waals surface area contributed by atoms with Crippen molar-refractivity contribution < 1.29 is 29.4 Å². The van der Waals surface area contributed by atoms with Gasteiger partial charge >= 0.3 is 5.97 Å². The van der Waals surface area contributed by atoms with E-state index in [0.717, 1.165) is 0 Å². The summed E-state index contributed by atoms with van der Waals surface area (Å²) in [6.07, 6.45) is -0.921. The van der Waals surface area contributed by atoms with Crippen LogP contribution in [0, 0.1) is 0 Å². The maximum Gasteiger partial charge on any atom is 0.326 e. The zero-order valence-electron chi connectivity index (χ0n) is 18.9. The van der Waals surface area contributed by atoms with E-state index in [0.29, 0.717) is 5.56 Å². The maximum absolute atomic E-state index is 12.9. The summed E-state index contributed by atoms with van der Waals surface area (Å²) in [7, 11) is 0. The molecule has 34 heavy (non-hydrogen) atoms. The predicted octanol–water partition coefficient (Wildman–Crippen LogP) is -2.84. The lowest BCUT2D eigenvalue weighted by Crippen LogP contribution is -2.58. The maximum atomic E-state index is 12.9. The first-order valence-corrected chi connectivity index (χ1v) is 10.7. The number of carboxylic acid groups (broad SMARTS) is 1. The van der Waals surface area contributed by atoms with Gasteiger partial charge in [-0.1, -0.05) is 30.3 Å². The Morgan fingerprint density at radius 1 is 1.00 bits per heavy atom. The lowest BCUT2D eigenvalue weighted by atomic mass is 10.0. The Morgan fingerprint density at radius 2 is 1.62 bits per heavy atom. The van der Waals surface area contributed by atoms with Gasteiger partial charge in [0.15, 0.2) is 5.96 Å². The first-order valence-electron chi connectivity index (χ1n) is 10.7. The first-order chi connectivity index (χ1) is 16.0. The molecule has 0 aliphatic carbocycles. The number of benzene rings is 1. The highest BCUT2D eigenvalue weighted by Gasteiger charge is 2.31. The average Bonchev–Trinajstić information content (AvgIpc) is 2.78. The van der Waals surface area contributed by atoms with Crippen LogP contribution in [0.25, 0.3) is 0 Å². The number of guanidine groups is 1. The number of aliphatic imine (C=N–C) groups is 1. The van der Waals surface area contributed by atoms with Gasteiger partial charge in [0, 0.05) is 13.0 Å². The highest BCUT2D eigenvalue weighted by Crippen LogP contribution is 2.06. The molecule has 1 rings (SSSR count). The molecule has 13 heteroatoms. The molecule has 4 atom stereocenters. The van der Waals surface area contributed by atoms with E-state index in [1.807, 2.05) is 0 Å². The van der Waals surface area contributed by atoms with Gasteiger partial charge in [0.2, 0.25) is 17.7 Å². The SMILES string of the molecule is CC(O)C(NC(=O)CN)C(=O)NC(CCCN=C(N)N)C(=O)NC(Cc1ccccc1)C(=O)O. The molecule has 13 nitrogen and oxygen atoms in total. The molecule has 0 fully saturated rings. The Labute approximate surface area is 197 Å². The molecule has 0 aliphatic heterocycles. The highest BCUT2D eigenvalue weighted by atomic mass is 16.4. The lowest BCUT2D eigenvalue weighted by Gasteiger charge is -2.25. The summed E-state index contributed by atoms with van der Waals surface area (Å²) in [6.45, 7) is 1.05. The van der Waals surface area contributed by atoms with Crippen molar-refractivity contribution >= 4 is 29.7 Å². The zero-order valence-corrected chi connectivity index (χ0v) is 18.9. The number of aliphatic hydroxyl groups is 1. The summed E-state index contributed by atoms with van der Waals surface area (Å²) in [5, 5.41) is 26.6. The second kappa shape index (κ2) is 14.4. The Kier molecular flexibility index (Phi) is 12.0. The van der Waals surface area contributed by atoms with Crippen molar-refractivity contribution in [2.45, 2.75) is 50.4 Å². The van der Waals surface area contributed by atoms with Crippen LogP contribution in [0.3, 0.4) is 0 Å². The van der Waals surface area contributed by atoms with Crippen LogP contribution in [-0.2, 0) is 25.6 Å². The van der Waals surface area contributed by atoms with Crippen LogP contribution in [0.4, 0.5) is 0 Å². The fourth-order valence-corrected chi connectivity index (χ4v) is 2.99. The van der Waals surface area contributed by atoms with E-state index in [1.165, 1.54) is 6.92 Å². The zero-order chi connectivity index (χ0) is 25.7. The number of aliphatic hydroxyl groups excluding tert-OH is 1. The van der Waals surface area contributed by atoms with Crippen molar-refractivity contribution in [1.82, 2.24) is 16.0 Å². The van der Waals surface area contributed by atoms with Gasteiger partial charge in [-0.2, -0.15) is 0 Å². The average molecular weight is 480 g/mol. The van der Waals surface area contributed by atoms with Crippen molar-refractivity contribution in [3.63, 3.8) is 0 Å². The molecule has 0 spiro atoms. The van der Waals surface area contributed by atoms with Gasteiger partial charge in [-0.15, -0.1) is 0 Å². The largest absolute Gasteiger partial charge is 0.480 e. The second-order valence-electron chi connectivity index (χ2n) is 7.59. The third-order valence-corrected chi connectivity index (χ3v) is 4.74. The molecular formula is C21H33N7O6. The fraction of sp³-hybridized carbons (Fsp3) is 0.476. The van der Waals surface area contributed by atoms with Gasteiger partial charge in [0.1, 0.15) is 18.1 Å². The van der Waals surface area contributed by atoms with Gasteiger partial charge < -0.3 is 43.4 Å². The third kappa shape index (κ3) is 10.3. The summed E-state index contributed by atoms with van der Waals surface area (Å²) in [5.74, 6) is -3.66. The summed E-state index contributed by atoms with van der Waals surface area (Å²) >= 11 is 0. The molecule has 0 aliphatic rings. The molecule has 4 unspecified atom stereocenters. The van der Waals surface area contributed by atoms with E-state index < -0.39 is 54.5 Å². The van der Waals surface area contributed by atoms with Gasteiger partial charge in [0.25, 0.3) is 0 Å². The standard InChI is InChI=1S/C21H33N7O6/c1-12(29)17(28-16(30)11-22)19(32)26-14(8-5-9-25-21(23)24)18(31)27-15(20(33)34)10-13-6-3-2-4-7-13/h2-4,6-7,12,14-15,17,29H,5,8-11,22H2,1H3,(H,26,32)(H,27,31)(H,28,30)(H,33,34)(H4,23,24,25). The lowest BCUT2D eigenvalue weighted by molar-refractivity contribution is -0.142. The number of hydrogen-bond donors (Lipinski definition) is 8. The fourth-order valence-electron chi connectivity index (χ4n) is 2.99. The number of amides is 3. The van der Waals surface area contributed by atoms with Gasteiger partial charge in [-0.3, -0.25) is 19.4 Å². The van der Waals surface area contributed by atoms with Crippen LogP contribution < -0.4 is 33.2 Å². The van der Waals surface area contributed by atoms with Crippen LogP contribution in [0.1, 0.15) is 25.3 Å². The highest BCUT2D eigenvalue weighted by molar-refractivity contribution is 5.93. The topological polar surface area (TPSA) is 235 Å². The van der Waals surface area contributed by atoms with Crippen molar-refractivity contribution in [2.75, 3.05) is 13.1 Å². The van der Waals surface area contributed by atoms with Crippen LogP contribution in [0.2, 0.25) is 0 Å². The number of rotatable bonds is 14. The number of carboxylic acids is 1. The molecule has 0 aromatic heterocycles. The molecular weight excluding hydrogens is 446 g/mol. The Morgan fingerprint density at radius 3 is 2.15 bits per heavy atom. The Bertz CT molecular complexity index is 858. The van der Waals surface area contributed by atoms with Gasteiger partial charge in [0.05, 0.1) is 12.6 Å². The molecule has 0 heterocycles. The number of aliphatic carboxylic acids is 1. The van der Waals surface area contributed by atoms with E-state index in [-0.39, 0.29) is 31.8 Å². The third-order valence-electron chi connectivity index (χ3n) is 4.74. The van der Waals surface area contributed by atoms with Crippen molar-refractivity contribution in [3.8, 4) is 0 Å². The summed E-state index contributed by atoms with van der Waals surface area (Å²) in [5.41, 5.74) is 16.5. The van der Waals surface area contributed by atoms with E-state index in [9.17, 15) is 29.4 Å². The quantitative estimate of drug-likeness (QED) is 0.0778. The monoisotopic (exact) mass is 479 g/mol. The molecule has 188 valence electrons. The number of hydrogen-bond acceptors (Lipinski definition) is 7. The van der Waals surface area contributed by atoms with Gasteiger partial charge in [-0.05, 0) is 25.3 Å². The Balaban J connectivity index is 2.99. The number of nitrogens with one attached hydrogen (secondary N) is 3. The number of nitrogens with two attached hydrogens (primary N) is 3. The number of nitrogens with zero attached hydrogens (tertiary/aromatic N) is 1. The smallest absolute Gasteiger partial charge is 0.326 e. The van der Waals surface area contributed by atoms with E-state index in [4.69, 9.17) is 17.2 Å². The molecule has 3 amide bonds. The second-order valence-corrected chi connectivity index (χ2v) is 7.59. The minimum atomic E-state index is -1.37. The molecule has 0 saturated heterocycles. The summed E-state index contributed by atoms with van der Waals surface area (Å²) in [6, 6.07) is 4.91. The first kappa shape index (κ1) is 28.3. The van der Waals surface area contributed by atoms with Crippen molar-refractivity contribution in [2.24, 2.45) is 22.2 Å².